The summed E-state index contributed by atoms with van der Waals surface area (Å²) in [6, 6.07) is 20.3. The molecule has 5 N–H and O–H groups in total. The average Bonchev–Trinajstić information content (AvgIpc) is 2.80. The van der Waals surface area contributed by atoms with Gasteiger partial charge in [-0.05, 0) is 97.9 Å². The molecule has 0 aliphatic rings. The van der Waals surface area contributed by atoms with Crippen LogP contribution in [0, 0.1) is 7.14 Å². The van der Waals surface area contributed by atoms with Gasteiger partial charge in [0.05, 0.1) is 7.14 Å². The van der Waals surface area contributed by atoms with E-state index in [1.807, 2.05) is 57.3 Å². The van der Waals surface area contributed by atoms with E-state index in [2.05, 4.69) is 0 Å². The fourth-order valence-corrected chi connectivity index (χ4v) is 6.38. The topological polar surface area (TPSA) is 101 Å². The molecule has 0 spiro atoms. The third kappa shape index (κ3) is 3.67. The first kappa shape index (κ1) is 22.9. The van der Waals surface area contributed by atoms with Crippen LogP contribution in [0.5, 0.6) is 28.7 Å². The van der Waals surface area contributed by atoms with Crippen molar-refractivity contribution in [3.05, 3.63) is 96.6 Å². The van der Waals surface area contributed by atoms with E-state index in [4.69, 9.17) is 0 Å². The SMILES string of the molecule is Oc1ccc2cccc(O)c2c1C(c1cc(I)c(O)c(I)c1)c1c(O)ccc2cccc(O)c12. The molecule has 0 bridgehead atoms. The summed E-state index contributed by atoms with van der Waals surface area (Å²) in [4.78, 5) is 0. The summed E-state index contributed by atoms with van der Waals surface area (Å²) < 4.78 is 1.19. The van der Waals surface area contributed by atoms with E-state index in [1.54, 1.807) is 60.7 Å². The van der Waals surface area contributed by atoms with Crippen molar-refractivity contribution in [2.24, 2.45) is 0 Å². The summed E-state index contributed by atoms with van der Waals surface area (Å²) in [6.07, 6.45) is 0. The van der Waals surface area contributed by atoms with E-state index < -0.39 is 5.92 Å². The molecule has 0 radical (unpaired) electrons. The van der Waals surface area contributed by atoms with Crippen LogP contribution in [0.2, 0.25) is 0 Å². The molecule has 0 heterocycles. The Labute approximate surface area is 222 Å². The lowest BCUT2D eigenvalue weighted by molar-refractivity contribution is 0.456. The molecule has 170 valence electrons. The van der Waals surface area contributed by atoms with Crippen LogP contribution in [0.1, 0.15) is 22.6 Å². The van der Waals surface area contributed by atoms with Crippen molar-refractivity contribution in [2.75, 3.05) is 0 Å². The summed E-state index contributed by atoms with van der Waals surface area (Å²) in [5, 5.41) is 56.7. The molecule has 0 fully saturated rings. The maximum atomic E-state index is 11.1. The predicted molar refractivity (Wildman–Crippen MR) is 149 cm³/mol. The molecule has 5 nitrogen and oxygen atoms in total. The molecule has 0 aliphatic heterocycles. The maximum absolute atomic E-state index is 11.1. The maximum Gasteiger partial charge on any atom is 0.142 e. The molecule has 0 saturated carbocycles. The summed E-state index contributed by atoms with van der Waals surface area (Å²) in [6.45, 7) is 0. The summed E-state index contributed by atoms with van der Waals surface area (Å²) in [5.41, 5.74) is 1.45. The van der Waals surface area contributed by atoms with Gasteiger partial charge in [-0.1, -0.05) is 36.4 Å². The predicted octanol–water partition coefficient (Wildman–Crippen LogP) is 6.91. The molecule has 0 saturated heterocycles. The number of rotatable bonds is 3. The number of aromatic hydroxyl groups is 5. The van der Waals surface area contributed by atoms with Crippen LogP contribution in [0.3, 0.4) is 0 Å². The highest BCUT2D eigenvalue weighted by Crippen LogP contribution is 2.50. The van der Waals surface area contributed by atoms with Crippen LogP contribution < -0.4 is 0 Å². The van der Waals surface area contributed by atoms with Crippen LogP contribution in [-0.4, -0.2) is 25.5 Å². The minimum atomic E-state index is -0.781. The monoisotopic (exact) mass is 676 g/mol. The second kappa shape index (κ2) is 8.70. The Balaban J connectivity index is 2.00. The summed E-state index contributed by atoms with van der Waals surface area (Å²) in [5.74, 6) is -0.802. The van der Waals surface area contributed by atoms with E-state index in [-0.39, 0.29) is 28.7 Å². The number of phenols is 5. The van der Waals surface area contributed by atoms with Crippen molar-refractivity contribution in [1.29, 1.82) is 0 Å². The van der Waals surface area contributed by atoms with Crippen molar-refractivity contribution >= 4 is 66.7 Å². The number of phenolic OH excluding ortho intramolecular Hbond substituents is 5. The Kier molecular flexibility index (Phi) is 5.85. The average molecular weight is 676 g/mol. The van der Waals surface area contributed by atoms with Crippen LogP contribution in [-0.2, 0) is 0 Å². The van der Waals surface area contributed by atoms with Gasteiger partial charge in [0, 0.05) is 27.8 Å². The molecule has 0 aromatic heterocycles. The molecule has 7 heteroatoms. The van der Waals surface area contributed by atoms with Crippen LogP contribution in [0.25, 0.3) is 21.5 Å². The fourth-order valence-electron chi connectivity index (χ4n) is 4.57. The van der Waals surface area contributed by atoms with Crippen molar-refractivity contribution in [2.45, 2.75) is 5.92 Å². The summed E-state index contributed by atoms with van der Waals surface area (Å²) >= 11 is 4.07. The Hall–Kier alpha value is -2.92. The number of fused-ring (bicyclic) bond motifs is 2. The van der Waals surface area contributed by atoms with Gasteiger partial charge in [0.25, 0.3) is 0 Å². The van der Waals surface area contributed by atoms with Crippen molar-refractivity contribution in [1.82, 2.24) is 0 Å². The zero-order chi connectivity index (χ0) is 24.1. The van der Waals surface area contributed by atoms with Gasteiger partial charge < -0.3 is 25.5 Å². The van der Waals surface area contributed by atoms with E-state index in [0.29, 0.717) is 45.4 Å². The van der Waals surface area contributed by atoms with Gasteiger partial charge in [0.2, 0.25) is 0 Å². The zero-order valence-corrected chi connectivity index (χ0v) is 21.8. The second-order valence-electron chi connectivity index (χ2n) is 8.01. The van der Waals surface area contributed by atoms with Crippen molar-refractivity contribution in [3.63, 3.8) is 0 Å². The third-order valence-corrected chi connectivity index (χ3v) is 7.68. The standard InChI is InChI=1S/C27H18I2O5/c28-16-11-15(12-17(29)27(16)34)24(25-20(32)9-7-13-3-1-5-18(30)22(13)25)26-21(33)10-8-14-4-2-6-19(31)23(14)26/h1-12,24,30-34H. The van der Waals surface area contributed by atoms with Gasteiger partial charge in [-0.2, -0.15) is 0 Å². The number of benzene rings is 5. The number of hydrogen-bond acceptors (Lipinski definition) is 5. The quantitative estimate of drug-likeness (QED) is 0.106. The Morgan fingerprint density at radius 3 is 1.41 bits per heavy atom. The first-order chi connectivity index (χ1) is 16.3. The molecule has 5 rings (SSSR count). The normalized spacial score (nSPS) is 11.5. The third-order valence-electron chi connectivity index (χ3n) is 6.03. The highest BCUT2D eigenvalue weighted by atomic mass is 127. The lowest BCUT2D eigenvalue weighted by atomic mass is 9.79. The molecule has 0 atom stereocenters. The molecule has 34 heavy (non-hydrogen) atoms. The van der Waals surface area contributed by atoms with Crippen LogP contribution in [0.15, 0.2) is 72.8 Å². The number of halogens is 2. The molecule has 0 aliphatic carbocycles. The molecule has 5 aromatic rings. The highest BCUT2D eigenvalue weighted by Gasteiger charge is 2.30. The first-order valence-electron chi connectivity index (χ1n) is 10.3. The lowest BCUT2D eigenvalue weighted by Gasteiger charge is -2.25. The first-order valence-corrected chi connectivity index (χ1v) is 12.5. The van der Waals surface area contributed by atoms with E-state index >= 15 is 0 Å². The zero-order valence-electron chi connectivity index (χ0n) is 17.5. The van der Waals surface area contributed by atoms with Crippen LogP contribution in [0.4, 0.5) is 0 Å². The van der Waals surface area contributed by atoms with Gasteiger partial charge in [0.15, 0.2) is 0 Å². The van der Waals surface area contributed by atoms with E-state index in [0.717, 1.165) is 0 Å². The largest absolute Gasteiger partial charge is 0.508 e. The second-order valence-corrected chi connectivity index (χ2v) is 10.3. The Bertz CT molecular complexity index is 1480. The van der Waals surface area contributed by atoms with Crippen molar-refractivity contribution < 1.29 is 25.5 Å². The minimum absolute atomic E-state index is 0.0134. The van der Waals surface area contributed by atoms with E-state index in [9.17, 15) is 25.5 Å². The van der Waals surface area contributed by atoms with E-state index in [1.165, 1.54) is 0 Å². The van der Waals surface area contributed by atoms with Gasteiger partial charge in [0.1, 0.15) is 28.7 Å². The molecular formula is C27H18I2O5. The van der Waals surface area contributed by atoms with Crippen molar-refractivity contribution in [3.8, 4) is 28.7 Å². The summed E-state index contributed by atoms with van der Waals surface area (Å²) in [7, 11) is 0. The molecule has 5 aromatic carbocycles. The molecular weight excluding hydrogens is 658 g/mol. The molecule has 0 unspecified atom stereocenters. The van der Waals surface area contributed by atoms with Gasteiger partial charge in [-0.25, -0.2) is 0 Å². The fraction of sp³-hybridized carbons (Fsp3) is 0.0370. The smallest absolute Gasteiger partial charge is 0.142 e. The minimum Gasteiger partial charge on any atom is -0.508 e. The van der Waals surface area contributed by atoms with Gasteiger partial charge >= 0.3 is 0 Å². The Morgan fingerprint density at radius 1 is 0.529 bits per heavy atom. The number of hydrogen-bond donors (Lipinski definition) is 5. The molecule has 0 amide bonds. The van der Waals surface area contributed by atoms with Gasteiger partial charge in [-0.15, -0.1) is 0 Å². The highest BCUT2D eigenvalue weighted by molar-refractivity contribution is 14.1. The Morgan fingerprint density at radius 2 is 0.971 bits per heavy atom. The van der Waals surface area contributed by atoms with Crippen LogP contribution >= 0.6 is 45.2 Å². The lowest BCUT2D eigenvalue weighted by Crippen LogP contribution is -2.07. The van der Waals surface area contributed by atoms with Gasteiger partial charge in [-0.3, -0.25) is 0 Å².